The topological polar surface area (TPSA) is 72.9 Å². The van der Waals surface area contributed by atoms with Crippen LogP contribution >= 0.6 is 0 Å². The lowest BCUT2D eigenvalue weighted by molar-refractivity contribution is 0.0927. The van der Waals surface area contributed by atoms with E-state index in [2.05, 4.69) is 24.3 Å². The maximum Gasteiger partial charge on any atom is 0.271 e. The Labute approximate surface area is 109 Å². The second kappa shape index (κ2) is 5.89. The first-order valence-electron chi connectivity index (χ1n) is 6.46. The quantitative estimate of drug-likeness (QED) is 0.840. The highest BCUT2D eigenvalue weighted by Gasteiger charge is 2.19. The van der Waals surface area contributed by atoms with Crippen molar-refractivity contribution in [2.45, 2.75) is 46.6 Å². The SMILES string of the molecule is CCC(C)CC(C)NC(=O)c1c(N)c(C)nn1C. The zero-order chi connectivity index (χ0) is 13.9. The molecule has 1 aromatic rings. The van der Waals surface area contributed by atoms with Gasteiger partial charge in [0.2, 0.25) is 0 Å². The van der Waals surface area contributed by atoms with E-state index in [0.29, 0.717) is 23.0 Å². The van der Waals surface area contributed by atoms with Gasteiger partial charge in [0, 0.05) is 13.1 Å². The van der Waals surface area contributed by atoms with Gasteiger partial charge in [-0.25, -0.2) is 0 Å². The number of nitrogens with zero attached hydrogens (tertiary/aromatic N) is 2. The zero-order valence-electron chi connectivity index (χ0n) is 11.9. The standard InChI is InChI=1S/C13H24N4O/c1-6-8(2)7-9(3)15-13(18)12-11(14)10(4)16-17(12)5/h8-9H,6-7,14H2,1-5H3,(H,15,18). The molecule has 1 heterocycles. The Morgan fingerprint density at radius 1 is 1.50 bits per heavy atom. The molecule has 0 aromatic carbocycles. The number of nitrogens with one attached hydrogen (secondary N) is 1. The molecule has 0 fully saturated rings. The van der Waals surface area contributed by atoms with E-state index in [0.717, 1.165) is 12.8 Å². The van der Waals surface area contributed by atoms with E-state index in [1.165, 1.54) is 4.68 Å². The van der Waals surface area contributed by atoms with Crippen LogP contribution in [0.2, 0.25) is 0 Å². The molecule has 102 valence electrons. The fourth-order valence-electron chi connectivity index (χ4n) is 2.07. The molecule has 3 N–H and O–H groups in total. The van der Waals surface area contributed by atoms with Crippen molar-refractivity contribution in [3.8, 4) is 0 Å². The average Bonchev–Trinajstić information content (AvgIpc) is 2.52. The van der Waals surface area contributed by atoms with Crippen LogP contribution in [0.15, 0.2) is 0 Å². The Balaban J connectivity index is 2.71. The monoisotopic (exact) mass is 252 g/mol. The van der Waals surface area contributed by atoms with E-state index in [9.17, 15) is 4.79 Å². The Hall–Kier alpha value is -1.52. The van der Waals surface area contributed by atoms with Crippen molar-refractivity contribution in [1.29, 1.82) is 0 Å². The number of carbonyl (C=O) groups is 1. The number of hydrogen-bond donors (Lipinski definition) is 2. The van der Waals surface area contributed by atoms with Crippen molar-refractivity contribution in [2.75, 3.05) is 5.73 Å². The highest BCUT2D eigenvalue weighted by Crippen LogP contribution is 2.16. The van der Waals surface area contributed by atoms with Crippen LogP contribution in [0.3, 0.4) is 0 Å². The van der Waals surface area contributed by atoms with Gasteiger partial charge >= 0.3 is 0 Å². The van der Waals surface area contributed by atoms with Crippen molar-refractivity contribution >= 4 is 11.6 Å². The molecule has 0 radical (unpaired) electrons. The molecular weight excluding hydrogens is 228 g/mol. The van der Waals surface area contributed by atoms with Crippen molar-refractivity contribution in [3.63, 3.8) is 0 Å². The smallest absolute Gasteiger partial charge is 0.271 e. The Morgan fingerprint density at radius 2 is 2.11 bits per heavy atom. The molecule has 0 aliphatic rings. The molecule has 2 atom stereocenters. The number of aryl methyl sites for hydroxylation is 2. The Kier molecular flexibility index (Phi) is 4.76. The summed E-state index contributed by atoms with van der Waals surface area (Å²) in [6.45, 7) is 8.16. The van der Waals surface area contributed by atoms with Crippen LogP contribution in [0.4, 0.5) is 5.69 Å². The third-order valence-electron chi connectivity index (χ3n) is 3.31. The minimum absolute atomic E-state index is 0.141. The van der Waals surface area contributed by atoms with Crippen LogP contribution in [0.1, 0.15) is 49.8 Å². The number of hydrogen-bond acceptors (Lipinski definition) is 3. The third kappa shape index (κ3) is 3.24. The Morgan fingerprint density at radius 3 is 2.56 bits per heavy atom. The van der Waals surface area contributed by atoms with Gasteiger partial charge in [-0.2, -0.15) is 5.10 Å². The van der Waals surface area contributed by atoms with Crippen LogP contribution in [-0.2, 0) is 7.05 Å². The minimum Gasteiger partial charge on any atom is -0.395 e. The van der Waals surface area contributed by atoms with Gasteiger partial charge in [-0.3, -0.25) is 9.48 Å². The molecule has 1 aromatic heterocycles. The number of anilines is 1. The molecule has 0 bridgehead atoms. The van der Waals surface area contributed by atoms with Crippen molar-refractivity contribution in [3.05, 3.63) is 11.4 Å². The van der Waals surface area contributed by atoms with E-state index < -0.39 is 0 Å². The number of nitrogens with two attached hydrogens (primary N) is 1. The van der Waals surface area contributed by atoms with E-state index in [-0.39, 0.29) is 11.9 Å². The fourth-order valence-corrected chi connectivity index (χ4v) is 2.07. The van der Waals surface area contributed by atoms with Gasteiger partial charge in [0.1, 0.15) is 5.69 Å². The van der Waals surface area contributed by atoms with E-state index in [1.807, 2.05) is 6.92 Å². The summed E-state index contributed by atoms with van der Waals surface area (Å²) in [5.41, 5.74) is 7.47. The second-order valence-corrected chi connectivity index (χ2v) is 5.09. The van der Waals surface area contributed by atoms with Crippen LogP contribution in [0, 0.1) is 12.8 Å². The highest BCUT2D eigenvalue weighted by atomic mass is 16.2. The first-order chi connectivity index (χ1) is 8.36. The average molecular weight is 252 g/mol. The number of amides is 1. The molecule has 0 spiro atoms. The first-order valence-corrected chi connectivity index (χ1v) is 6.46. The van der Waals surface area contributed by atoms with Crippen LogP contribution in [0.5, 0.6) is 0 Å². The fraction of sp³-hybridized carbons (Fsp3) is 0.692. The van der Waals surface area contributed by atoms with Crippen LogP contribution in [0.25, 0.3) is 0 Å². The molecule has 5 heteroatoms. The first kappa shape index (κ1) is 14.5. The van der Waals surface area contributed by atoms with Gasteiger partial charge in [0.05, 0.1) is 11.4 Å². The molecule has 0 aliphatic carbocycles. The predicted octanol–water partition coefficient (Wildman–Crippen LogP) is 1.87. The van der Waals surface area contributed by atoms with Crippen LogP contribution < -0.4 is 11.1 Å². The van der Waals surface area contributed by atoms with Gasteiger partial charge in [-0.1, -0.05) is 20.3 Å². The number of carbonyl (C=O) groups excluding carboxylic acids is 1. The maximum atomic E-state index is 12.1. The molecule has 5 nitrogen and oxygen atoms in total. The third-order valence-corrected chi connectivity index (χ3v) is 3.31. The van der Waals surface area contributed by atoms with E-state index >= 15 is 0 Å². The largest absolute Gasteiger partial charge is 0.395 e. The van der Waals surface area contributed by atoms with E-state index in [4.69, 9.17) is 5.73 Å². The molecule has 0 saturated carbocycles. The van der Waals surface area contributed by atoms with Crippen molar-refractivity contribution < 1.29 is 4.79 Å². The normalized spacial score (nSPS) is 14.3. The van der Waals surface area contributed by atoms with Gasteiger partial charge in [-0.05, 0) is 26.2 Å². The van der Waals surface area contributed by atoms with E-state index in [1.54, 1.807) is 14.0 Å². The molecule has 0 saturated heterocycles. The molecule has 0 aliphatic heterocycles. The summed E-state index contributed by atoms with van der Waals surface area (Å²) in [7, 11) is 1.73. The number of aromatic nitrogens is 2. The van der Waals surface area contributed by atoms with Gasteiger partial charge in [0.15, 0.2) is 0 Å². The maximum absolute atomic E-state index is 12.1. The van der Waals surface area contributed by atoms with Gasteiger partial charge in [0.25, 0.3) is 5.91 Å². The van der Waals surface area contributed by atoms with Gasteiger partial charge in [-0.15, -0.1) is 0 Å². The lowest BCUT2D eigenvalue weighted by Crippen LogP contribution is -2.35. The second-order valence-electron chi connectivity index (χ2n) is 5.09. The summed E-state index contributed by atoms with van der Waals surface area (Å²) >= 11 is 0. The summed E-state index contributed by atoms with van der Waals surface area (Å²) in [6.07, 6.45) is 2.09. The minimum atomic E-state index is -0.147. The predicted molar refractivity (Wildman–Crippen MR) is 73.4 cm³/mol. The summed E-state index contributed by atoms with van der Waals surface area (Å²) in [6, 6.07) is 0.141. The van der Waals surface area contributed by atoms with Crippen molar-refractivity contribution in [1.82, 2.24) is 15.1 Å². The van der Waals surface area contributed by atoms with Crippen LogP contribution in [-0.4, -0.2) is 21.7 Å². The lowest BCUT2D eigenvalue weighted by atomic mass is 10.0. The lowest BCUT2D eigenvalue weighted by Gasteiger charge is -2.17. The molecule has 1 amide bonds. The summed E-state index contributed by atoms with van der Waals surface area (Å²) in [5.74, 6) is 0.456. The van der Waals surface area contributed by atoms with Gasteiger partial charge < -0.3 is 11.1 Å². The zero-order valence-corrected chi connectivity index (χ0v) is 11.9. The van der Waals surface area contributed by atoms with Crippen molar-refractivity contribution in [2.24, 2.45) is 13.0 Å². The molecule has 1 rings (SSSR count). The summed E-state index contributed by atoms with van der Waals surface area (Å²) < 4.78 is 1.54. The highest BCUT2D eigenvalue weighted by molar-refractivity contribution is 5.98. The number of nitrogen functional groups attached to an aromatic ring is 1. The molecular formula is C13H24N4O. The molecule has 2 unspecified atom stereocenters. The molecule has 18 heavy (non-hydrogen) atoms. The summed E-state index contributed by atoms with van der Waals surface area (Å²) in [5, 5.41) is 7.12. The number of rotatable bonds is 5. The summed E-state index contributed by atoms with van der Waals surface area (Å²) in [4.78, 5) is 12.1. The Bertz CT molecular complexity index is 425.